The Labute approximate surface area is 170 Å². The Morgan fingerprint density at radius 2 is 1.80 bits per heavy atom. The third kappa shape index (κ3) is 3.58. The number of hydrogen-bond donors (Lipinski definition) is 3. The highest BCUT2D eigenvalue weighted by Gasteiger charge is 2.25. The molecule has 0 bridgehead atoms. The van der Waals surface area contributed by atoms with E-state index in [2.05, 4.69) is 35.8 Å². The Bertz CT molecular complexity index is 1210. The van der Waals surface area contributed by atoms with E-state index in [4.69, 9.17) is 11.5 Å². The van der Waals surface area contributed by atoms with Gasteiger partial charge in [0.2, 0.25) is 11.6 Å². The molecule has 0 radical (unpaired) electrons. The molecule has 2 aromatic heterocycles. The zero-order valence-electron chi connectivity index (χ0n) is 15.9. The molecule has 0 aliphatic heterocycles. The van der Waals surface area contributed by atoms with E-state index in [9.17, 15) is 4.79 Å². The number of hydrogen-bond acceptors (Lipinski definition) is 9. The topological polar surface area (TPSA) is 163 Å². The number of carbonyl (C=O) groups excluding carboxylic acids is 1. The number of nitrogen functional groups attached to an aromatic ring is 2. The van der Waals surface area contributed by atoms with Crippen molar-refractivity contribution in [3.63, 3.8) is 0 Å². The number of carbonyl (C=O) groups is 1. The maximum atomic E-state index is 12.9. The van der Waals surface area contributed by atoms with Gasteiger partial charge in [0.1, 0.15) is 5.69 Å². The van der Waals surface area contributed by atoms with Crippen LogP contribution in [-0.4, -0.2) is 36.9 Å². The van der Waals surface area contributed by atoms with Gasteiger partial charge in [-0.3, -0.25) is 4.79 Å². The zero-order chi connectivity index (χ0) is 21.1. The predicted molar refractivity (Wildman–Crippen MR) is 110 cm³/mol. The van der Waals surface area contributed by atoms with Crippen molar-refractivity contribution >= 4 is 23.1 Å². The second-order valence-electron chi connectivity index (χ2n) is 6.30. The maximum absolute atomic E-state index is 12.9. The van der Waals surface area contributed by atoms with Crippen LogP contribution in [0.5, 0.6) is 0 Å². The molecule has 1 amide bonds. The van der Waals surface area contributed by atoms with Crippen LogP contribution in [0, 0.1) is 0 Å². The summed E-state index contributed by atoms with van der Waals surface area (Å²) in [6.45, 7) is 1.77. The molecule has 0 fully saturated rings. The third-order valence-corrected chi connectivity index (χ3v) is 4.28. The number of nitrogens with one attached hydrogen (secondary N) is 1. The van der Waals surface area contributed by atoms with Crippen molar-refractivity contribution < 1.29 is 9.42 Å². The molecule has 5 N–H and O–H groups in total. The Kier molecular flexibility index (Phi) is 4.91. The molecule has 0 unspecified atom stereocenters. The quantitative estimate of drug-likeness (QED) is 0.257. The Morgan fingerprint density at radius 3 is 2.47 bits per heavy atom. The first-order chi connectivity index (χ1) is 14.5. The normalized spacial score (nSPS) is 11.4. The Morgan fingerprint density at radius 1 is 1.07 bits per heavy atom. The molecule has 0 aliphatic carbocycles. The monoisotopic (exact) mass is 403 g/mol. The van der Waals surface area contributed by atoms with Gasteiger partial charge in [0.25, 0.3) is 5.91 Å². The molecule has 4 aromatic rings. The average Bonchev–Trinajstić information content (AvgIpc) is 3.38. The zero-order valence-corrected chi connectivity index (χ0v) is 15.9. The number of hydrazone groups is 1. The molecule has 0 aliphatic rings. The average molecular weight is 403 g/mol. The summed E-state index contributed by atoms with van der Waals surface area (Å²) in [5.41, 5.74) is 17.1. The highest BCUT2D eigenvalue weighted by atomic mass is 16.6. The fourth-order valence-corrected chi connectivity index (χ4v) is 2.75. The fourth-order valence-electron chi connectivity index (χ4n) is 2.75. The minimum atomic E-state index is -0.551. The highest BCUT2D eigenvalue weighted by Crippen LogP contribution is 2.26. The van der Waals surface area contributed by atoms with E-state index in [1.165, 1.54) is 4.68 Å². The van der Waals surface area contributed by atoms with Gasteiger partial charge in [0, 0.05) is 11.3 Å². The van der Waals surface area contributed by atoms with Gasteiger partial charge in [-0.15, -0.1) is 5.10 Å². The number of nitrogens with two attached hydrogens (primary N) is 2. The lowest BCUT2D eigenvalue weighted by Crippen LogP contribution is -2.21. The number of anilines is 2. The largest absolute Gasteiger partial charge is 0.399 e. The molecular weight excluding hydrogens is 386 g/mol. The van der Waals surface area contributed by atoms with Crippen LogP contribution in [0.4, 0.5) is 11.5 Å². The molecule has 11 heteroatoms. The number of rotatable bonds is 5. The lowest BCUT2D eigenvalue weighted by molar-refractivity contribution is 0.0950. The number of benzene rings is 2. The number of nitrogens with zero attached hydrogens (tertiary/aromatic N) is 6. The van der Waals surface area contributed by atoms with Crippen LogP contribution in [0.25, 0.3) is 17.1 Å². The molecule has 0 saturated heterocycles. The van der Waals surface area contributed by atoms with Crippen molar-refractivity contribution in [1.82, 2.24) is 30.7 Å². The van der Waals surface area contributed by atoms with E-state index in [-0.39, 0.29) is 17.3 Å². The fraction of sp³-hybridized carbons (Fsp3) is 0.0526. The van der Waals surface area contributed by atoms with E-state index in [1.807, 2.05) is 30.3 Å². The van der Waals surface area contributed by atoms with Crippen molar-refractivity contribution in [3.05, 3.63) is 65.9 Å². The minimum Gasteiger partial charge on any atom is -0.399 e. The van der Waals surface area contributed by atoms with Crippen LogP contribution in [-0.2, 0) is 0 Å². The van der Waals surface area contributed by atoms with Crippen molar-refractivity contribution in [3.8, 4) is 17.1 Å². The first-order valence-electron chi connectivity index (χ1n) is 8.84. The summed E-state index contributed by atoms with van der Waals surface area (Å²) in [7, 11) is 0. The third-order valence-electron chi connectivity index (χ3n) is 4.28. The first-order valence-corrected chi connectivity index (χ1v) is 8.84. The standard InChI is InChI=1S/C19H17N9O2/c1-11(12-7-9-14(20)10-8-12)22-24-19(29)15-16(13-5-3-2-4-6-13)28(27-23-15)18-17(21)25-30-26-18/h2-10H,20H2,1H3,(H2,21,25)(H,24,29)/b22-11+. The molecular formula is C19H17N9O2. The molecule has 2 aromatic carbocycles. The van der Waals surface area contributed by atoms with Crippen LogP contribution in [0.15, 0.2) is 64.3 Å². The van der Waals surface area contributed by atoms with Gasteiger partial charge >= 0.3 is 0 Å². The predicted octanol–water partition coefficient (Wildman–Crippen LogP) is 1.64. The summed E-state index contributed by atoms with van der Waals surface area (Å²) in [5, 5.41) is 19.5. The molecule has 30 heavy (non-hydrogen) atoms. The SMILES string of the molecule is C/C(=N\NC(=O)c1nnn(-c2nonc2N)c1-c1ccccc1)c1ccc(N)cc1. The van der Waals surface area contributed by atoms with E-state index in [1.54, 1.807) is 31.2 Å². The van der Waals surface area contributed by atoms with Gasteiger partial charge < -0.3 is 11.5 Å². The minimum absolute atomic E-state index is 0.0151. The lowest BCUT2D eigenvalue weighted by atomic mass is 10.1. The Hall–Kier alpha value is -4.54. The van der Waals surface area contributed by atoms with Crippen molar-refractivity contribution in [2.75, 3.05) is 11.5 Å². The van der Waals surface area contributed by atoms with Crippen LogP contribution >= 0.6 is 0 Å². The second kappa shape index (κ2) is 7.83. The van der Waals surface area contributed by atoms with Crippen molar-refractivity contribution in [1.29, 1.82) is 0 Å². The molecule has 2 heterocycles. The summed E-state index contributed by atoms with van der Waals surface area (Å²) in [6.07, 6.45) is 0. The van der Waals surface area contributed by atoms with Gasteiger partial charge in [-0.1, -0.05) is 47.7 Å². The molecule has 150 valence electrons. The van der Waals surface area contributed by atoms with Gasteiger partial charge in [0.15, 0.2) is 5.69 Å². The summed E-state index contributed by atoms with van der Waals surface area (Å²) in [6, 6.07) is 16.2. The maximum Gasteiger partial charge on any atom is 0.294 e. The first kappa shape index (κ1) is 18.8. The van der Waals surface area contributed by atoms with Crippen molar-refractivity contribution in [2.45, 2.75) is 6.92 Å². The van der Waals surface area contributed by atoms with Crippen molar-refractivity contribution in [2.24, 2.45) is 5.10 Å². The second-order valence-corrected chi connectivity index (χ2v) is 6.30. The smallest absolute Gasteiger partial charge is 0.294 e. The summed E-state index contributed by atoms with van der Waals surface area (Å²) in [4.78, 5) is 12.9. The summed E-state index contributed by atoms with van der Waals surface area (Å²) < 4.78 is 5.95. The van der Waals surface area contributed by atoms with E-state index >= 15 is 0 Å². The number of aromatic nitrogens is 5. The van der Waals surface area contributed by atoms with Crippen LogP contribution in [0.1, 0.15) is 23.0 Å². The summed E-state index contributed by atoms with van der Waals surface area (Å²) >= 11 is 0. The van der Waals surface area contributed by atoms with Crippen LogP contribution in [0.2, 0.25) is 0 Å². The van der Waals surface area contributed by atoms with Gasteiger partial charge in [-0.2, -0.15) is 9.78 Å². The molecule has 11 nitrogen and oxygen atoms in total. The molecule has 4 rings (SSSR count). The molecule has 0 atom stereocenters. The molecule has 0 saturated carbocycles. The van der Waals surface area contributed by atoms with Gasteiger partial charge in [-0.25, -0.2) is 10.1 Å². The molecule has 0 spiro atoms. The van der Waals surface area contributed by atoms with Gasteiger partial charge in [0.05, 0.1) is 5.71 Å². The van der Waals surface area contributed by atoms with E-state index in [0.717, 1.165) is 5.56 Å². The van der Waals surface area contributed by atoms with Crippen LogP contribution in [0.3, 0.4) is 0 Å². The van der Waals surface area contributed by atoms with Crippen LogP contribution < -0.4 is 16.9 Å². The van der Waals surface area contributed by atoms with Gasteiger partial charge in [-0.05, 0) is 34.9 Å². The Balaban J connectivity index is 1.69. The number of amides is 1. The summed E-state index contributed by atoms with van der Waals surface area (Å²) in [5.74, 6) is -0.409. The highest BCUT2D eigenvalue weighted by molar-refractivity contribution is 6.02. The van der Waals surface area contributed by atoms with E-state index < -0.39 is 5.91 Å². The lowest BCUT2D eigenvalue weighted by Gasteiger charge is -2.06. The van der Waals surface area contributed by atoms with E-state index in [0.29, 0.717) is 22.7 Å².